The van der Waals surface area contributed by atoms with Crippen LogP contribution < -0.4 is 16.0 Å². The summed E-state index contributed by atoms with van der Waals surface area (Å²) in [6, 6.07) is 19.1. The van der Waals surface area contributed by atoms with Crippen LogP contribution >= 0.6 is 0 Å². The number of carbonyl (C=O) groups excluding carboxylic acids is 1. The number of hydrogen-bond donors (Lipinski definition) is 3. The van der Waals surface area contributed by atoms with Gasteiger partial charge in [0.15, 0.2) is 0 Å². The summed E-state index contributed by atoms with van der Waals surface area (Å²) in [7, 11) is 0. The number of hydrogen-bond acceptors (Lipinski definition) is 5. The first-order valence-corrected chi connectivity index (χ1v) is 8.93. The maximum Gasteiger partial charge on any atom is 0.229 e. The molecule has 3 rings (SSSR count). The molecule has 6 heteroatoms. The van der Waals surface area contributed by atoms with Gasteiger partial charge >= 0.3 is 0 Å². The lowest BCUT2D eigenvalue weighted by atomic mass is 10.1. The zero-order valence-corrected chi connectivity index (χ0v) is 15.5. The minimum Gasteiger partial charge on any atom is -0.370 e. The first kappa shape index (κ1) is 18.4. The molecular formula is C21H23N5O. The van der Waals surface area contributed by atoms with Gasteiger partial charge < -0.3 is 16.0 Å². The Labute approximate surface area is 159 Å². The lowest BCUT2D eigenvalue weighted by Crippen LogP contribution is -2.14. The van der Waals surface area contributed by atoms with E-state index in [2.05, 4.69) is 25.9 Å². The fourth-order valence-corrected chi connectivity index (χ4v) is 2.65. The maximum atomic E-state index is 12.1. The third-order valence-electron chi connectivity index (χ3n) is 3.84. The quantitative estimate of drug-likeness (QED) is 0.589. The fourth-order valence-electron chi connectivity index (χ4n) is 2.65. The van der Waals surface area contributed by atoms with Crippen molar-refractivity contribution in [3.8, 4) is 0 Å². The molecule has 0 aliphatic heterocycles. The molecule has 138 valence electrons. The molecule has 3 aromatic rings. The normalized spacial score (nSPS) is 10.3. The van der Waals surface area contributed by atoms with E-state index < -0.39 is 0 Å². The van der Waals surface area contributed by atoms with E-state index in [9.17, 15) is 4.79 Å². The van der Waals surface area contributed by atoms with Gasteiger partial charge in [-0.25, -0.2) is 4.98 Å². The molecule has 1 amide bonds. The monoisotopic (exact) mass is 361 g/mol. The van der Waals surface area contributed by atoms with Gasteiger partial charge in [-0.2, -0.15) is 4.98 Å². The minimum absolute atomic E-state index is 0.0424. The molecule has 0 atom stereocenters. The molecule has 2 aromatic carbocycles. The average molecular weight is 361 g/mol. The zero-order valence-electron chi connectivity index (χ0n) is 15.5. The Morgan fingerprint density at radius 1 is 0.963 bits per heavy atom. The number of nitrogens with one attached hydrogen (secondary N) is 3. The fraction of sp³-hybridized carbons (Fsp3) is 0.190. The maximum absolute atomic E-state index is 12.1. The number of aromatic nitrogens is 2. The molecule has 3 N–H and O–H groups in total. The summed E-state index contributed by atoms with van der Waals surface area (Å²) >= 11 is 0. The van der Waals surface area contributed by atoms with Gasteiger partial charge in [-0.1, -0.05) is 30.3 Å². The van der Waals surface area contributed by atoms with Crippen molar-refractivity contribution in [2.24, 2.45) is 0 Å². The second-order valence-corrected chi connectivity index (χ2v) is 6.16. The van der Waals surface area contributed by atoms with E-state index in [1.54, 1.807) is 0 Å². The van der Waals surface area contributed by atoms with Crippen molar-refractivity contribution in [3.05, 3.63) is 71.9 Å². The Hall–Kier alpha value is -3.41. The topological polar surface area (TPSA) is 78.9 Å². The van der Waals surface area contributed by atoms with Crippen LogP contribution in [0.4, 0.5) is 23.1 Å². The Kier molecular flexibility index (Phi) is 5.99. The summed E-state index contributed by atoms with van der Waals surface area (Å²) in [6.07, 6.45) is 0.352. The van der Waals surface area contributed by atoms with Crippen LogP contribution in [0.25, 0.3) is 0 Å². The third kappa shape index (κ3) is 5.54. The summed E-state index contributed by atoms with van der Waals surface area (Å²) in [4.78, 5) is 21.0. The first-order valence-electron chi connectivity index (χ1n) is 8.93. The molecule has 0 bridgehead atoms. The molecule has 1 aromatic heterocycles. The highest BCUT2D eigenvalue weighted by atomic mass is 16.1. The number of rotatable bonds is 7. The summed E-state index contributed by atoms with van der Waals surface area (Å²) in [5.74, 6) is 1.28. The van der Waals surface area contributed by atoms with Crippen LogP contribution in [0.15, 0.2) is 60.7 Å². The Balaban J connectivity index is 1.61. The van der Waals surface area contributed by atoms with Crippen LogP contribution in [0.5, 0.6) is 0 Å². The number of amides is 1. The van der Waals surface area contributed by atoms with E-state index in [1.807, 2.05) is 74.5 Å². The van der Waals surface area contributed by atoms with Gasteiger partial charge in [0.25, 0.3) is 0 Å². The van der Waals surface area contributed by atoms with Gasteiger partial charge in [-0.15, -0.1) is 0 Å². The van der Waals surface area contributed by atoms with E-state index in [0.717, 1.165) is 35.0 Å². The summed E-state index contributed by atoms with van der Waals surface area (Å²) < 4.78 is 0. The van der Waals surface area contributed by atoms with Crippen LogP contribution in [0, 0.1) is 6.92 Å². The number of carbonyl (C=O) groups is 1. The minimum atomic E-state index is -0.0424. The van der Waals surface area contributed by atoms with Crippen molar-refractivity contribution in [1.82, 2.24) is 9.97 Å². The molecule has 27 heavy (non-hydrogen) atoms. The highest BCUT2D eigenvalue weighted by Crippen LogP contribution is 2.18. The van der Waals surface area contributed by atoms with E-state index in [-0.39, 0.29) is 5.91 Å². The highest BCUT2D eigenvalue weighted by molar-refractivity contribution is 5.92. The summed E-state index contributed by atoms with van der Waals surface area (Å²) in [6.45, 7) is 4.75. The predicted molar refractivity (Wildman–Crippen MR) is 109 cm³/mol. The SMILES string of the molecule is CCNc1cc(C)nc(Nc2ccc(NC(=O)Cc3ccccc3)cc2)n1. The molecule has 0 fully saturated rings. The van der Waals surface area contributed by atoms with Crippen LogP contribution in [-0.4, -0.2) is 22.4 Å². The van der Waals surface area contributed by atoms with Gasteiger partial charge in [0, 0.05) is 29.7 Å². The van der Waals surface area contributed by atoms with E-state index in [0.29, 0.717) is 12.4 Å². The molecule has 0 saturated heterocycles. The molecule has 1 heterocycles. The lowest BCUT2D eigenvalue weighted by molar-refractivity contribution is -0.115. The smallest absolute Gasteiger partial charge is 0.229 e. The van der Waals surface area contributed by atoms with E-state index >= 15 is 0 Å². The van der Waals surface area contributed by atoms with Crippen molar-refractivity contribution < 1.29 is 4.79 Å². The predicted octanol–water partition coefficient (Wildman–Crippen LogP) is 4.14. The standard InChI is InChI=1S/C21H23N5O/c1-3-22-19-13-15(2)23-21(26-19)25-18-11-9-17(10-12-18)24-20(27)14-16-7-5-4-6-8-16/h4-13H,3,14H2,1-2H3,(H,24,27)(H2,22,23,25,26). The Morgan fingerprint density at radius 3 is 2.37 bits per heavy atom. The van der Waals surface area contributed by atoms with Gasteiger partial charge in [-0.3, -0.25) is 4.79 Å². The molecule has 0 radical (unpaired) electrons. The lowest BCUT2D eigenvalue weighted by Gasteiger charge is -2.10. The van der Waals surface area contributed by atoms with Gasteiger partial charge in [0.05, 0.1) is 6.42 Å². The molecule has 6 nitrogen and oxygen atoms in total. The molecule has 0 aliphatic rings. The van der Waals surface area contributed by atoms with Gasteiger partial charge in [0.1, 0.15) is 5.82 Å². The van der Waals surface area contributed by atoms with Gasteiger partial charge in [-0.05, 0) is 43.7 Å². The molecule has 0 aliphatic carbocycles. The third-order valence-corrected chi connectivity index (χ3v) is 3.84. The zero-order chi connectivity index (χ0) is 19.1. The highest BCUT2D eigenvalue weighted by Gasteiger charge is 2.05. The summed E-state index contributed by atoms with van der Waals surface area (Å²) in [5, 5.41) is 9.28. The second-order valence-electron chi connectivity index (χ2n) is 6.16. The second kappa shape index (κ2) is 8.80. The largest absolute Gasteiger partial charge is 0.370 e. The van der Waals surface area contributed by atoms with Crippen LogP contribution in [-0.2, 0) is 11.2 Å². The number of benzene rings is 2. The Bertz CT molecular complexity index is 894. The molecule has 0 saturated carbocycles. The van der Waals surface area contributed by atoms with Crippen molar-refractivity contribution in [2.75, 3.05) is 22.5 Å². The summed E-state index contributed by atoms with van der Waals surface area (Å²) in [5.41, 5.74) is 3.47. The number of aryl methyl sites for hydroxylation is 1. The van der Waals surface area contributed by atoms with Crippen molar-refractivity contribution in [1.29, 1.82) is 0 Å². The van der Waals surface area contributed by atoms with E-state index in [1.165, 1.54) is 0 Å². The molecule has 0 spiro atoms. The van der Waals surface area contributed by atoms with E-state index in [4.69, 9.17) is 0 Å². The first-order chi connectivity index (χ1) is 13.1. The van der Waals surface area contributed by atoms with Crippen molar-refractivity contribution in [2.45, 2.75) is 20.3 Å². The van der Waals surface area contributed by atoms with Crippen LogP contribution in [0.2, 0.25) is 0 Å². The van der Waals surface area contributed by atoms with Crippen molar-refractivity contribution >= 4 is 29.0 Å². The molecule has 0 unspecified atom stereocenters. The number of nitrogens with zero attached hydrogens (tertiary/aromatic N) is 2. The molecular weight excluding hydrogens is 338 g/mol. The van der Waals surface area contributed by atoms with Crippen LogP contribution in [0.1, 0.15) is 18.2 Å². The van der Waals surface area contributed by atoms with Gasteiger partial charge in [0.2, 0.25) is 11.9 Å². The van der Waals surface area contributed by atoms with Crippen LogP contribution in [0.3, 0.4) is 0 Å². The number of anilines is 4. The van der Waals surface area contributed by atoms with Crippen molar-refractivity contribution in [3.63, 3.8) is 0 Å². The Morgan fingerprint density at radius 2 is 1.67 bits per heavy atom. The average Bonchev–Trinajstić information content (AvgIpc) is 2.64.